The van der Waals surface area contributed by atoms with Crippen molar-refractivity contribution in [3.8, 4) is 11.5 Å². The predicted molar refractivity (Wildman–Crippen MR) is 96.4 cm³/mol. The molecule has 2 aromatic carbocycles. The van der Waals surface area contributed by atoms with Crippen LogP contribution in [0.2, 0.25) is 0 Å². The number of β-amino-alcohol motifs (C(OH)–C–C–N with tert-alkyl or cyclic N) is 1. The molecule has 2 N–H and O–H groups in total. The van der Waals surface area contributed by atoms with E-state index in [0.717, 1.165) is 4.90 Å². The topological polar surface area (TPSA) is 88.1 Å². The van der Waals surface area contributed by atoms with Crippen LogP contribution in [0.15, 0.2) is 54.6 Å². The molecule has 27 heavy (non-hydrogen) atoms. The van der Waals surface area contributed by atoms with Gasteiger partial charge in [0.2, 0.25) is 0 Å². The maximum absolute atomic E-state index is 13.1. The van der Waals surface area contributed by atoms with Crippen molar-refractivity contribution in [3.05, 3.63) is 60.2 Å². The molecular weight excluding hydrogens is 348 g/mol. The Balaban J connectivity index is 1.48. The molecule has 2 aliphatic heterocycles. The second-order valence-corrected chi connectivity index (χ2v) is 6.62. The molecule has 7 nitrogen and oxygen atoms in total. The van der Waals surface area contributed by atoms with Crippen LogP contribution >= 0.6 is 0 Å². The van der Waals surface area contributed by atoms with Crippen LogP contribution in [0.4, 0.5) is 4.79 Å². The molecule has 0 aliphatic carbocycles. The van der Waals surface area contributed by atoms with Gasteiger partial charge in [-0.2, -0.15) is 0 Å². The van der Waals surface area contributed by atoms with Gasteiger partial charge in [0, 0.05) is 12.0 Å². The van der Waals surface area contributed by atoms with Gasteiger partial charge in [-0.25, -0.2) is 4.79 Å². The normalized spacial score (nSPS) is 22.2. The summed E-state index contributed by atoms with van der Waals surface area (Å²) >= 11 is 0. The van der Waals surface area contributed by atoms with Crippen molar-refractivity contribution in [3.63, 3.8) is 0 Å². The molecule has 2 heterocycles. The van der Waals surface area contributed by atoms with Crippen molar-refractivity contribution in [1.29, 1.82) is 0 Å². The molecule has 3 amide bonds. The number of amides is 3. The number of urea groups is 1. The van der Waals surface area contributed by atoms with Gasteiger partial charge in [0.1, 0.15) is 24.2 Å². The SMILES string of the molecule is O=C1NC2(CCOc3ccccc32)C(=O)N1CC(O)COc1ccccc1. The zero-order valence-electron chi connectivity index (χ0n) is 14.6. The first kappa shape index (κ1) is 17.4. The van der Waals surface area contributed by atoms with Crippen molar-refractivity contribution in [1.82, 2.24) is 10.2 Å². The van der Waals surface area contributed by atoms with E-state index in [2.05, 4.69) is 5.32 Å². The highest BCUT2D eigenvalue weighted by molar-refractivity contribution is 6.08. The second-order valence-electron chi connectivity index (χ2n) is 6.62. The summed E-state index contributed by atoms with van der Waals surface area (Å²) in [6.45, 7) is 0.173. The van der Waals surface area contributed by atoms with Crippen LogP contribution in [-0.4, -0.2) is 47.8 Å². The van der Waals surface area contributed by atoms with Gasteiger partial charge in [-0.15, -0.1) is 0 Å². The molecule has 1 fully saturated rings. The third kappa shape index (κ3) is 3.10. The number of fused-ring (bicyclic) bond motifs is 2. The van der Waals surface area contributed by atoms with Crippen molar-refractivity contribution in [2.75, 3.05) is 19.8 Å². The summed E-state index contributed by atoms with van der Waals surface area (Å²) in [6, 6.07) is 15.7. The highest BCUT2D eigenvalue weighted by atomic mass is 16.5. The number of aliphatic hydroxyl groups excluding tert-OH is 1. The van der Waals surface area contributed by atoms with E-state index >= 15 is 0 Å². The van der Waals surface area contributed by atoms with E-state index in [9.17, 15) is 14.7 Å². The van der Waals surface area contributed by atoms with Crippen molar-refractivity contribution < 1.29 is 24.2 Å². The monoisotopic (exact) mass is 368 g/mol. The average molecular weight is 368 g/mol. The maximum atomic E-state index is 13.1. The van der Waals surface area contributed by atoms with Gasteiger partial charge in [-0.3, -0.25) is 9.69 Å². The molecular formula is C20H20N2O5. The van der Waals surface area contributed by atoms with Gasteiger partial charge < -0.3 is 19.9 Å². The highest BCUT2D eigenvalue weighted by Gasteiger charge is 2.55. The fraction of sp³-hybridized carbons (Fsp3) is 0.300. The Kier molecular flexibility index (Phi) is 4.45. The van der Waals surface area contributed by atoms with Crippen LogP contribution < -0.4 is 14.8 Å². The Labute approximate surface area is 156 Å². The molecule has 0 bridgehead atoms. The molecule has 1 saturated heterocycles. The van der Waals surface area contributed by atoms with Crippen molar-refractivity contribution >= 4 is 11.9 Å². The number of carbonyl (C=O) groups excluding carboxylic acids is 2. The average Bonchev–Trinajstić information content (AvgIpc) is 2.92. The van der Waals surface area contributed by atoms with E-state index in [0.29, 0.717) is 30.1 Å². The van der Waals surface area contributed by atoms with E-state index in [1.807, 2.05) is 24.3 Å². The zero-order valence-corrected chi connectivity index (χ0v) is 14.6. The summed E-state index contributed by atoms with van der Waals surface area (Å²) in [4.78, 5) is 26.6. The number of benzene rings is 2. The largest absolute Gasteiger partial charge is 0.493 e. The summed E-state index contributed by atoms with van der Waals surface area (Å²) in [5.41, 5.74) is -0.488. The fourth-order valence-corrected chi connectivity index (χ4v) is 3.51. The Bertz CT molecular complexity index is 856. The Morgan fingerprint density at radius 1 is 1.15 bits per heavy atom. The number of nitrogens with zero attached hydrogens (tertiary/aromatic N) is 1. The number of rotatable bonds is 5. The Hall–Kier alpha value is -3.06. The third-order valence-corrected chi connectivity index (χ3v) is 4.84. The minimum Gasteiger partial charge on any atom is -0.493 e. The lowest BCUT2D eigenvalue weighted by molar-refractivity contribution is -0.133. The lowest BCUT2D eigenvalue weighted by atomic mass is 9.84. The summed E-state index contributed by atoms with van der Waals surface area (Å²) in [5, 5.41) is 13.1. The van der Waals surface area contributed by atoms with Crippen LogP contribution in [0.3, 0.4) is 0 Å². The maximum Gasteiger partial charge on any atom is 0.325 e. The predicted octanol–water partition coefficient (Wildman–Crippen LogP) is 1.66. The molecule has 2 aromatic rings. The summed E-state index contributed by atoms with van der Waals surface area (Å²) in [7, 11) is 0. The number of imide groups is 1. The summed E-state index contributed by atoms with van der Waals surface area (Å²) in [5.74, 6) is 0.831. The molecule has 2 atom stereocenters. The minimum atomic E-state index is -1.13. The number of para-hydroxylation sites is 2. The lowest BCUT2D eigenvalue weighted by Crippen LogP contribution is -2.48. The highest BCUT2D eigenvalue weighted by Crippen LogP contribution is 2.40. The van der Waals surface area contributed by atoms with Gasteiger partial charge in [0.15, 0.2) is 5.54 Å². The third-order valence-electron chi connectivity index (χ3n) is 4.84. The van der Waals surface area contributed by atoms with Crippen LogP contribution in [0, 0.1) is 0 Å². The molecule has 1 spiro atoms. The number of nitrogens with one attached hydrogen (secondary N) is 1. The standard InChI is InChI=1S/C20H20N2O5/c23-14(13-27-15-6-2-1-3-7-15)12-22-18(24)20(21-19(22)25)10-11-26-17-9-5-4-8-16(17)20/h1-9,14,23H,10-13H2,(H,21,25). The Morgan fingerprint density at radius 2 is 1.89 bits per heavy atom. The molecule has 2 aliphatic rings. The van der Waals surface area contributed by atoms with E-state index in [4.69, 9.17) is 9.47 Å². The van der Waals surface area contributed by atoms with Gasteiger partial charge >= 0.3 is 6.03 Å². The molecule has 140 valence electrons. The molecule has 0 radical (unpaired) electrons. The first-order valence-corrected chi connectivity index (χ1v) is 8.82. The summed E-state index contributed by atoms with van der Waals surface area (Å²) < 4.78 is 11.1. The minimum absolute atomic E-state index is 0.0201. The van der Waals surface area contributed by atoms with Crippen LogP contribution in [-0.2, 0) is 10.3 Å². The van der Waals surface area contributed by atoms with Crippen molar-refractivity contribution in [2.45, 2.75) is 18.1 Å². The number of aliphatic hydroxyl groups is 1. The number of ether oxygens (including phenoxy) is 2. The van der Waals surface area contributed by atoms with Crippen molar-refractivity contribution in [2.24, 2.45) is 0 Å². The smallest absolute Gasteiger partial charge is 0.325 e. The molecule has 0 aromatic heterocycles. The van der Waals surface area contributed by atoms with Gasteiger partial charge in [-0.1, -0.05) is 36.4 Å². The van der Waals surface area contributed by atoms with E-state index in [1.54, 1.807) is 30.3 Å². The second kappa shape index (κ2) is 6.92. The molecule has 7 heteroatoms. The molecule has 2 unspecified atom stereocenters. The molecule has 4 rings (SSSR count). The zero-order chi connectivity index (χ0) is 18.9. The van der Waals surface area contributed by atoms with Gasteiger partial charge in [0.25, 0.3) is 5.91 Å². The number of carbonyl (C=O) groups is 2. The van der Waals surface area contributed by atoms with Gasteiger partial charge in [0.05, 0.1) is 13.2 Å². The Morgan fingerprint density at radius 3 is 2.70 bits per heavy atom. The van der Waals surface area contributed by atoms with Crippen LogP contribution in [0.5, 0.6) is 11.5 Å². The van der Waals surface area contributed by atoms with E-state index < -0.39 is 17.7 Å². The number of hydrogen-bond acceptors (Lipinski definition) is 5. The quantitative estimate of drug-likeness (QED) is 0.784. The summed E-state index contributed by atoms with van der Waals surface area (Å²) in [6.07, 6.45) is -0.646. The van der Waals surface area contributed by atoms with Crippen LogP contribution in [0.25, 0.3) is 0 Å². The van der Waals surface area contributed by atoms with Gasteiger partial charge in [-0.05, 0) is 18.2 Å². The first-order chi connectivity index (χ1) is 13.1. The lowest BCUT2D eigenvalue weighted by Gasteiger charge is -2.33. The van der Waals surface area contributed by atoms with E-state index in [-0.39, 0.29) is 19.1 Å². The van der Waals surface area contributed by atoms with E-state index in [1.165, 1.54) is 0 Å². The number of hydrogen-bond donors (Lipinski definition) is 2. The first-order valence-electron chi connectivity index (χ1n) is 8.82. The fourth-order valence-electron chi connectivity index (χ4n) is 3.51. The van der Waals surface area contributed by atoms with Crippen LogP contribution in [0.1, 0.15) is 12.0 Å². The molecule has 0 saturated carbocycles.